The average molecular weight is 272 g/mol. The van der Waals surface area contributed by atoms with Crippen LogP contribution in [0.2, 0.25) is 0 Å². The summed E-state index contributed by atoms with van der Waals surface area (Å²) < 4.78 is 26.3. The minimum Gasteiger partial charge on any atom is -0.312 e. The van der Waals surface area contributed by atoms with E-state index in [1.807, 2.05) is 13.0 Å². The molecular weight excluding hydrogens is 256 g/mol. The molecule has 1 heterocycles. The molecule has 1 N–H and O–H groups in total. The van der Waals surface area contributed by atoms with Crippen LogP contribution in [0.25, 0.3) is 0 Å². The molecule has 0 unspecified atom stereocenters. The quantitative estimate of drug-likeness (QED) is 0.756. The Morgan fingerprint density at radius 1 is 1.53 bits per heavy atom. The van der Waals surface area contributed by atoms with E-state index in [-0.39, 0.29) is 6.04 Å². The van der Waals surface area contributed by atoms with Gasteiger partial charge in [-0.3, -0.25) is 0 Å². The number of thiocarbonyl (C=S) groups is 1. The summed E-state index contributed by atoms with van der Waals surface area (Å²) in [6.45, 7) is 3.69. The first-order valence-electron chi connectivity index (χ1n) is 5.65. The predicted molar refractivity (Wildman–Crippen MR) is 72.4 cm³/mol. The number of hydrogen-bond donors (Lipinski definition) is 1. The summed E-state index contributed by atoms with van der Waals surface area (Å²) >= 11 is 5.13. The third-order valence-corrected chi connectivity index (χ3v) is 5.38. The maximum Gasteiger partial charge on any atom is 0.244 e. The number of sulfonamides is 1. The molecular formula is C11H16N2O2S2. The SMILES string of the molecule is C[C@H]1CN(S(=O)(=O)C2=CC=CCC2=S)CCN1. The second-order valence-electron chi connectivity index (χ2n) is 4.30. The van der Waals surface area contributed by atoms with Gasteiger partial charge in [0.05, 0.1) is 4.91 Å². The van der Waals surface area contributed by atoms with Crippen LogP contribution in [0.5, 0.6) is 0 Å². The van der Waals surface area contributed by atoms with Gasteiger partial charge in [-0.1, -0.05) is 24.4 Å². The zero-order valence-electron chi connectivity index (χ0n) is 9.72. The minimum absolute atomic E-state index is 0.187. The zero-order chi connectivity index (χ0) is 12.5. The van der Waals surface area contributed by atoms with Crippen molar-refractivity contribution in [2.24, 2.45) is 0 Å². The van der Waals surface area contributed by atoms with Gasteiger partial charge in [0, 0.05) is 37.0 Å². The Balaban J connectivity index is 2.26. The monoisotopic (exact) mass is 272 g/mol. The third-order valence-electron chi connectivity index (χ3n) is 2.91. The van der Waals surface area contributed by atoms with Gasteiger partial charge in [-0.25, -0.2) is 8.42 Å². The van der Waals surface area contributed by atoms with Crippen molar-refractivity contribution in [3.63, 3.8) is 0 Å². The molecule has 0 saturated carbocycles. The number of allylic oxidation sites excluding steroid dienone is 4. The highest BCUT2D eigenvalue weighted by atomic mass is 32.2. The largest absolute Gasteiger partial charge is 0.312 e. The topological polar surface area (TPSA) is 49.4 Å². The van der Waals surface area contributed by atoms with E-state index in [9.17, 15) is 8.42 Å². The molecule has 1 aliphatic heterocycles. The molecule has 1 aliphatic carbocycles. The summed E-state index contributed by atoms with van der Waals surface area (Å²) in [5, 5.41) is 3.23. The summed E-state index contributed by atoms with van der Waals surface area (Å²) in [6.07, 6.45) is 5.78. The van der Waals surface area contributed by atoms with Crippen molar-refractivity contribution in [2.45, 2.75) is 19.4 Å². The van der Waals surface area contributed by atoms with E-state index in [0.717, 1.165) is 0 Å². The molecule has 17 heavy (non-hydrogen) atoms. The fourth-order valence-corrected chi connectivity index (χ4v) is 4.14. The number of nitrogens with one attached hydrogen (secondary N) is 1. The molecule has 0 aromatic heterocycles. The fraction of sp³-hybridized carbons (Fsp3) is 0.545. The van der Waals surface area contributed by atoms with Crippen LogP contribution in [0.1, 0.15) is 13.3 Å². The van der Waals surface area contributed by atoms with Crippen LogP contribution in [0.15, 0.2) is 23.1 Å². The molecule has 0 radical (unpaired) electrons. The van der Waals surface area contributed by atoms with Crippen LogP contribution in [0.4, 0.5) is 0 Å². The van der Waals surface area contributed by atoms with E-state index in [1.54, 1.807) is 12.2 Å². The number of hydrogen-bond acceptors (Lipinski definition) is 4. The lowest BCUT2D eigenvalue weighted by molar-refractivity contribution is 0.313. The second kappa shape index (κ2) is 4.97. The van der Waals surface area contributed by atoms with Crippen molar-refractivity contribution in [2.75, 3.05) is 19.6 Å². The fourth-order valence-electron chi connectivity index (χ4n) is 2.01. The normalized spacial score (nSPS) is 27.0. The van der Waals surface area contributed by atoms with Gasteiger partial charge in [-0.15, -0.1) is 0 Å². The Labute approximate surface area is 107 Å². The molecule has 4 nitrogen and oxygen atoms in total. The molecule has 0 spiro atoms. The molecule has 0 aromatic rings. The molecule has 94 valence electrons. The molecule has 2 aliphatic rings. The van der Waals surface area contributed by atoms with Crippen molar-refractivity contribution >= 4 is 27.1 Å². The van der Waals surface area contributed by atoms with Crippen LogP contribution in [-0.4, -0.2) is 43.3 Å². The third kappa shape index (κ3) is 2.65. The Bertz CT molecular complexity index is 480. The highest BCUT2D eigenvalue weighted by Crippen LogP contribution is 2.21. The lowest BCUT2D eigenvalue weighted by Crippen LogP contribution is -2.51. The van der Waals surface area contributed by atoms with Gasteiger partial charge < -0.3 is 5.32 Å². The molecule has 0 aromatic carbocycles. The molecule has 1 fully saturated rings. The molecule has 6 heteroatoms. The molecule has 1 saturated heterocycles. The maximum atomic E-state index is 12.4. The summed E-state index contributed by atoms with van der Waals surface area (Å²) in [7, 11) is -3.41. The van der Waals surface area contributed by atoms with Gasteiger partial charge in [-0.2, -0.15) is 4.31 Å². The van der Waals surface area contributed by atoms with Gasteiger partial charge in [0.15, 0.2) is 0 Å². The average Bonchev–Trinajstić information content (AvgIpc) is 2.29. The molecule has 2 rings (SSSR count). The first-order chi connectivity index (χ1) is 8.01. The van der Waals surface area contributed by atoms with Crippen LogP contribution >= 0.6 is 12.2 Å². The molecule has 1 atom stereocenters. The van der Waals surface area contributed by atoms with Gasteiger partial charge in [-0.05, 0) is 13.0 Å². The first kappa shape index (κ1) is 12.9. The van der Waals surface area contributed by atoms with E-state index in [0.29, 0.717) is 35.8 Å². The van der Waals surface area contributed by atoms with Gasteiger partial charge in [0.2, 0.25) is 10.0 Å². The molecule has 0 amide bonds. The van der Waals surface area contributed by atoms with Crippen LogP contribution in [0, 0.1) is 0 Å². The zero-order valence-corrected chi connectivity index (χ0v) is 11.4. The van der Waals surface area contributed by atoms with Gasteiger partial charge >= 0.3 is 0 Å². The Morgan fingerprint density at radius 3 is 2.94 bits per heavy atom. The molecule has 0 bridgehead atoms. The Hall–Kier alpha value is -0.560. The van der Waals surface area contributed by atoms with Crippen LogP contribution in [0.3, 0.4) is 0 Å². The second-order valence-corrected chi connectivity index (χ2v) is 6.70. The van der Waals surface area contributed by atoms with Crippen molar-refractivity contribution in [3.05, 3.63) is 23.1 Å². The van der Waals surface area contributed by atoms with Gasteiger partial charge in [0.25, 0.3) is 0 Å². The Morgan fingerprint density at radius 2 is 2.29 bits per heavy atom. The van der Waals surface area contributed by atoms with Gasteiger partial charge in [0.1, 0.15) is 0 Å². The van der Waals surface area contributed by atoms with Crippen molar-refractivity contribution in [1.29, 1.82) is 0 Å². The van der Waals surface area contributed by atoms with Crippen LogP contribution < -0.4 is 5.32 Å². The van der Waals surface area contributed by atoms with E-state index < -0.39 is 10.0 Å². The van der Waals surface area contributed by atoms with Crippen molar-refractivity contribution < 1.29 is 8.42 Å². The lowest BCUT2D eigenvalue weighted by Gasteiger charge is -2.32. The van der Waals surface area contributed by atoms with Crippen LogP contribution in [-0.2, 0) is 10.0 Å². The van der Waals surface area contributed by atoms with E-state index >= 15 is 0 Å². The van der Waals surface area contributed by atoms with Crippen molar-refractivity contribution in [3.8, 4) is 0 Å². The Kier molecular flexibility index (Phi) is 3.77. The maximum absolute atomic E-state index is 12.4. The number of nitrogens with zero attached hydrogens (tertiary/aromatic N) is 1. The highest BCUT2D eigenvalue weighted by molar-refractivity contribution is 7.96. The highest BCUT2D eigenvalue weighted by Gasteiger charge is 2.31. The first-order valence-corrected chi connectivity index (χ1v) is 7.50. The number of piperazine rings is 1. The number of rotatable bonds is 2. The predicted octanol–water partition coefficient (Wildman–Crippen LogP) is 0.824. The van der Waals surface area contributed by atoms with E-state index in [1.165, 1.54) is 4.31 Å². The smallest absolute Gasteiger partial charge is 0.244 e. The lowest BCUT2D eigenvalue weighted by atomic mass is 10.2. The summed E-state index contributed by atoms with van der Waals surface area (Å²) in [6, 6.07) is 0.187. The standard InChI is InChI=1S/C11H16N2O2S2/c1-9-8-13(7-6-12-9)17(14,15)11-5-3-2-4-10(11)16/h2-3,5,9,12H,4,6-8H2,1H3/t9-/m0/s1. The summed E-state index contributed by atoms with van der Waals surface area (Å²) in [4.78, 5) is 0.808. The summed E-state index contributed by atoms with van der Waals surface area (Å²) in [5.74, 6) is 0. The van der Waals surface area contributed by atoms with E-state index in [4.69, 9.17) is 12.2 Å². The minimum atomic E-state index is -3.41. The summed E-state index contributed by atoms with van der Waals surface area (Å²) in [5.41, 5.74) is 0. The van der Waals surface area contributed by atoms with Crippen molar-refractivity contribution in [1.82, 2.24) is 9.62 Å². The van der Waals surface area contributed by atoms with E-state index in [2.05, 4.69) is 5.32 Å².